The van der Waals surface area contributed by atoms with Crippen molar-refractivity contribution in [3.63, 3.8) is 0 Å². The first-order chi connectivity index (χ1) is 12.1. The number of nitrogens with one attached hydrogen (secondary N) is 1. The van der Waals surface area contributed by atoms with Gasteiger partial charge in [-0.2, -0.15) is 0 Å². The molecule has 1 aromatic heterocycles. The molecule has 128 valence electrons. The van der Waals surface area contributed by atoms with Crippen LogP contribution in [-0.4, -0.2) is 22.8 Å². The summed E-state index contributed by atoms with van der Waals surface area (Å²) in [4.78, 5) is 24.3. The van der Waals surface area contributed by atoms with Crippen LogP contribution in [0.3, 0.4) is 0 Å². The minimum absolute atomic E-state index is 0.0983. The number of hydrogen-bond acceptors (Lipinski definition) is 7. The van der Waals surface area contributed by atoms with Gasteiger partial charge < -0.3 is 19.2 Å². The number of carbonyl (C=O) groups is 2. The van der Waals surface area contributed by atoms with Gasteiger partial charge in [-0.3, -0.25) is 4.79 Å². The lowest BCUT2D eigenvalue weighted by atomic mass is 10.2. The number of hydrogen-bond donors (Lipinski definition) is 1. The van der Waals surface area contributed by atoms with Crippen molar-refractivity contribution in [2.24, 2.45) is 0 Å². The highest BCUT2D eigenvalue weighted by Gasteiger charge is 2.22. The van der Waals surface area contributed by atoms with E-state index in [-0.39, 0.29) is 17.4 Å². The fraction of sp³-hybridized carbons (Fsp3) is 0.118. The van der Waals surface area contributed by atoms with Crippen LogP contribution in [0.25, 0.3) is 6.08 Å². The van der Waals surface area contributed by atoms with Crippen LogP contribution in [-0.2, 0) is 4.79 Å². The Balaban J connectivity index is 1.85. The number of ether oxygens (including phenoxy) is 2. The predicted molar refractivity (Wildman–Crippen MR) is 97.6 cm³/mol. The number of furan rings is 1. The van der Waals surface area contributed by atoms with Gasteiger partial charge >= 0.3 is 5.97 Å². The Kier molecular flexibility index (Phi) is 5.20. The first-order valence-electron chi connectivity index (χ1n) is 7.34. The van der Waals surface area contributed by atoms with Crippen molar-refractivity contribution >= 4 is 46.3 Å². The Bertz CT molecular complexity index is 858. The Morgan fingerprint density at radius 1 is 1.36 bits per heavy atom. The lowest BCUT2D eigenvalue weighted by Gasteiger charge is -2.11. The molecule has 0 aliphatic carbocycles. The molecule has 0 atom stereocenters. The molecule has 0 saturated carbocycles. The average molecular weight is 375 g/mol. The zero-order chi connectivity index (χ0) is 17.8. The number of rotatable bonds is 5. The van der Waals surface area contributed by atoms with Crippen LogP contribution < -0.4 is 14.8 Å². The minimum atomic E-state index is -0.617. The molecule has 1 N–H and O–H groups in total. The van der Waals surface area contributed by atoms with Crippen LogP contribution in [0.15, 0.2) is 45.9 Å². The lowest BCUT2D eigenvalue weighted by molar-refractivity contribution is -0.115. The molecule has 25 heavy (non-hydrogen) atoms. The summed E-state index contributed by atoms with van der Waals surface area (Å²) < 4.78 is 16.3. The van der Waals surface area contributed by atoms with E-state index >= 15 is 0 Å². The minimum Gasteiger partial charge on any atom is -0.490 e. The summed E-state index contributed by atoms with van der Waals surface area (Å²) in [6, 6.07) is 8.13. The molecule has 1 saturated heterocycles. The quantitative estimate of drug-likeness (QED) is 0.371. The Morgan fingerprint density at radius 2 is 2.20 bits per heavy atom. The molecule has 8 heteroatoms. The largest absolute Gasteiger partial charge is 0.490 e. The van der Waals surface area contributed by atoms with E-state index in [0.717, 1.165) is 5.56 Å². The van der Waals surface area contributed by atoms with E-state index in [1.165, 1.54) is 24.1 Å². The van der Waals surface area contributed by atoms with Crippen molar-refractivity contribution in [3.05, 3.63) is 52.8 Å². The summed E-state index contributed by atoms with van der Waals surface area (Å²) in [6.45, 7) is 2.21. The maximum Gasteiger partial charge on any atom is 0.379 e. The number of thioether (sulfide) groups is 1. The van der Waals surface area contributed by atoms with Gasteiger partial charge in [0.1, 0.15) is 4.32 Å². The molecule has 1 aliphatic rings. The third kappa shape index (κ3) is 4.09. The average Bonchev–Trinajstić information content (AvgIpc) is 3.20. The van der Waals surface area contributed by atoms with Crippen LogP contribution in [0.1, 0.15) is 23.0 Å². The summed E-state index contributed by atoms with van der Waals surface area (Å²) in [5.74, 6) is -0.0946. The molecule has 0 bridgehead atoms. The molecular weight excluding hydrogens is 362 g/mol. The SMILES string of the molecule is CCOc1cc(C=C2SC(=S)NC2=O)ccc1OC(=O)c1ccco1. The molecule has 1 aromatic carbocycles. The van der Waals surface area contributed by atoms with Gasteiger partial charge in [-0.05, 0) is 42.8 Å². The summed E-state index contributed by atoms with van der Waals surface area (Å²) in [5, 5.41) is 2.56. The van der Waals surface area contributed by atoms with Gasteiger partial charge in [-0.25, -0.2) is 4.79 Å². The second-order valence-corrected chi connectivity index (χ2v) is 6.58. The second-order valence-electron chi connectivity index (χ2n) is 4.86. The highest BCUT2D eigenvalue weighted by Crippen LogP contribution is 2.32. The molecule has 0 radical (unpaired) electrons. The lowest BCUT2D eigenvalue weighted by Crippen LogP contribution is -2.17. The van der Waals surface area contributed by atoms with Crippen LogP contribution >= 0.6 is 24.0 Å². The van der Waals surface area contributed by atoms with E-state index in [9.17, 15) is 9.59 Å². The second kappa shape index (κ2) is 7.54. The number of thiocarbonyl (C=S) groups is 1. The molecular formula is C17H13NO5S2. The van der Waals surface area contributed by atoms with Crippen molar-refractivity contribution in [3.8, 4) is 11.5 Å². The Morgan fingerprint density at radius 3 is 2.84 bits per heavy atom. The molecule has 6 nitrogen and oxygen atoms in total. The fourth-order valence-electron chi connectivity index (χ4n) is 2.08. The monoisotopic (exact) mass is 375 g/mol. The molecule has 1 aliphatic heterocycles. The van der Waals surface area contributed by atoms with Gasteiger partial charge in [0.15, 0.2) is 11.5 Å². The molecule has 3 rings (SSSR count). The fourth-order valence-corrected chi connectivity index (χ4v) is 3.13. The van der Waals surface area contributed by atoms with Crippen LogP contribution in [0, 0.1) is 0 Å². The molecule has 1 fully saturated rings. The van der Waals surface area contributed by atoms with Gasteiger partial charge in [0.05, 0.1) is 17.8 Å². The van der Waals surface area contributed by atoms with E-state index in [1.54, 1.807) is 30.3 Å². The zero-order valence-electron chi connectivity index (χ0n) is 13.1. The smallest absolute Gasteiger partial charge is 0.379 e. The maximum atomic E-state index is 12.0. The first kappa shape index (κ1) is 17.2. The summed E-state index contributed by atoms with van der Waals surface area (Å²) >= 11 is 6.16. The van der Waals surface area contributed by atoms with E-state index < -0.39 is 5.97 Å². The number of amides is 1. The van der Waals surface area contributed by atoms with Gasteiger partial charge in [-0.15, -0.1) is 0 Å². The highest BCUT2D eigenvalue weighted by molar-refractivity contribution is 8.26. The van der Waals surface area contributed by atoms with Crippen LogP contribution in [0.4, 0.5) is 0 Å². The van der Waals surface area contributed by atoms with Gasteiger partial charge in [-0.1, -0.05) is 30.0 Å². The topological polar surface area (TPSA) is 77.8 Å². The predicted octanol–water partition coefficient (Wildman–Crippen LogP) is 3.39. The summed E-state index contributed by atoms with van der Waals surface area (Å²) in [5.41, 5.74) is 0.726. The standard InChI is InChI=1S/C17H13NO5S2/c1-2-21-13-8-10(9-14-15(19)18-17(24)25-14)5-6-11(13)23-16(20)12-4-3-7-22-12/h3-9H,2H2,1H3,(H,18,19,24). The van der Waals surface area contributed by atoms with Crippen molar-refractivity contribution in [2.75, 3.05) is 6.61 Å². The maximum absolute atomic E-state index is 12.0. The molecule has 2 aromatic rings. The van der Waals surface area contributed by atoms with E-state index in [0.29, 0.717) is 21.6 Å². The molecule has 2 heterocycles. The van der Waals surface area contributed by atoms with Crippen molar-refractivity contribution < 1.29 is 23.5 Å². The van der Waals surface area contributed by atoms with Crippen LogP contribution in [0.2, 0.25) is 0 Å². The van der Waals surface area contributed by atoms with Crippen molar-refractivity contribution in [2.45, 2.75) is 6.92 Å². The van der Waals surface area contributed by atoms with Crippen molar-refractivity contribution in [1.29, 1.82) is 0 Å². The van der Waals surface area contributed by atoms with Crippen molar-refractivity contribution in [1.82, 2.24) is 5.32 Å². The molecule has 1 amide bonds. The van der Waals surface area contributed by atoms with Gasteiger partial charge in [0, 0.05) is 0 Å². The molecule has 0 spiro atoms. The highest BCUT2D eigenvalue weighted by atomic mass is 32.2. The van der Waals surface area contributed by atoms with E-state index in [4.69, 9.17) is 26.1 Å². The van der Waals surface area contributed by atoms with Gasteiger partial charge in [0.2, 0.25) is 5.76 Å². The summed E-state index contributed by atoms with van der Waals surface area (Å²) in [6.07, 6.45) is 3.09. The first-order valence-corrected chi connectivity index (χ1v) is 8.56. The summed E-state index contributed by atoms with van der Waals surface area (Å²) in [7, 11) is 0. The number of carbonyl (C=O) groups excluding carboxylic acids is 2. The van der Waals surface area contributed by atoms with Crippen LogP contribution in [0.5, 0.6) is 11.5 Å². The normalized spacial score (nSPS) is 15.3. The molecule has 0 unspecified atom stereocenters. The zero-order valence-corrected chi connectivity index (χ0v) is 14.7. The third-order valence-electron chi connectivity index (χ3n) is 3.13. The Labute approximate surface area is 153 Å². The van der Waals surface area contributed by atoms with E-state index in [2.05, 4.69) is 5.32 Å². The Hall–Kier alpha value is -2.58. The number of benzene rings is 1. The third-order valence-corrected chi connectivity index (χ3v) is 4.30. The van der Waals surface area contributed by atoms with Gasteiger partial charge in [0.25, 0.3) is 5.91 Å². The number of esters is 1. The van der Waals surface area contributed by atoms with E-state index in [1.807, 2.05) is 6.92 Å².